The van der Waals surface area contributed by atoms with Crippen LogP contribution in [-0.2, 0) is 7.05 Å². The van der Waals surface area contributed by atoms with Crippen molar-refractivity contribution in [2.45, 2.75) is 0 Å². The third-order valence-electron chi connectivity index (χ3n) is 1.90. The van der Waals surface area contributed by atoms with Gasteiger partial charge in [-0.3, -0.25) is 9.78 Å². The Morgan fingerprint density at radius 1 is 1.36 bits per heavy atom. The number of hydrogen-bond donors (Lipinski definition) is 0. The predicted molar refractivity (Wildman–Crippen MR) is 49.6 cm³/mol. The van der Waals surface area contributed by atoms with Crippen molar-refractivity contribution in [3.05, 3.63) is 30.1 Å². The van der Waals surface area contributed by atoms with Crippen molar-refractivity contribution in [2.24, 2.45) is 7.05 Å². The largest absolute Gasteiger partial charge is 0.298 e. The molecule has 2 rings (SSSR count). The average molecular weight is 188 g/mol. The summed E-state index contributed by atoms with van der Waals surface area (Å²) in [5, 5.41) is 7.54. The van der Waals surface area contributed by atoms with E-state index >= 15 is 0 Å². The lowest BCUT2D eigenvalue weighted by molar-refractivity contribution is 0.112. The number of aryl methyl sites for hydroxylation is 1. The Hall–Kier alpha value is -2.04. The summed E-state index contributed by atoms with van der Waals surface area (Å²) >= 11 is 0. The van der Waals surface area contributed by atoms with E-state index in [0.717, 1.165) is 17.7 Å². The lowest BCUT2D eigenvalue weighted by atomic mass is 10.2. The van der Waals surface area contributed by atoms with Crippen molar-refractivity contribution in [1.82, 2.24) is 20.0 Å². The molecule has 5 heteroatoms. The van der Waals surface area contributed by atoms with E-state index in [-0.39, 0.29) is 0 Å². The maximum absolute atomic E-state index is 10.4. The minimum atomic E-state index is 0.559. The monoisotopic (exact) mass is 188 g/mol. The second kappa shape index (κ2) is 3.37. The number of aldehydes is 1. The number of nitrogens with zero attached hydrogens (tertiary/aromatic N) is 4. The topological polar surface area (TPSA) is 60.7 Å². The van der Waals surface area contributed by atoms with Crippen LogP contribution in [0.25, 0.3) is 11.4 Å². The van der Waals surface area contributed by atoms with Gasteiger partial charge in [0.15, 0.2) is 6.29 Å². The summed E-state index contributed by atoms with van der Waals surface area (Å²) in [4.78, 5) is 14.5. The van der Waals surface area contributed by atoms with Gasteiger partial charge in [0.1, 0.15) is 5.69 Å². The fourth-order valence-corrected chi connectivity index (χ4v) is 1.15. The van der Waals surface area contributed by atoms with Gasteiger partial charge in [-0.25, -0.2) is 4.68 Å². The third kappa shape index (κ3) is 1.39. The van der Waals surface area contributed by atoms with Gasteiger partial charge < -0.3 is 0 Å². The Morgan fingerprint density at radius 3 is 2.71 bits per heavy atom. The highest BCUT2D eigenvalue weighted by Crippen LogP contribution is 2.13. The first-order valence-corrected chi connectivity index (χ1v) is 4.07. The van der Waals surface area contributed by atoms with E-state index in [0.29, 0.717) is 5.56 Å². The molecule has 0 radical (unpaired) electrons. The Bertz CT molecular complexity index is 446. The Labute approximate surface area is 80.4 Å². The van der Waals surface area contributed by atoms with E-state index in [9.17, 15) is 4.79 Å². The van der Waals surface area contributed by atoms with E-state index < -0.39 is 0 Å². The molecule has 2 aromatic heterocycles. The van der Waals surface area contributed by atoms with Gasteiger partial charge in [0.2, 0.25) is 0 Å². The van der Waals surface area contributed by atoms with Gasteiger partial charge in [-0.1, -0.05) is 5.21 Å². The van der Waals surface area contributed by atoms with Crippen molar-refractivity contribution in [1.29, 1.82) is 0 Å². The predicted octanol–water partition coefficient (Wildman–Crippen LogP) is 0.690. The molecule has 0 atom stereocenters. The fourth-order valence-electron chi connectivity index (χ4n) is 1.15. The van der Waals surface area contributed by atoms with E-state index in [1.807, 2.05) is 0 Å². The highest BCUT2D eigenvalue weighted by molar-refractivity contribution is 5.74. The first-order valence-electron chi connectivity index (χ1n) is 4.07. The van der Waals surface area contributed by atoms with E-state index in [2.05, 4.69) is 15.3 Å². The number of carbonyl (C=O) groups excluding carboxylic acids is 1. The number of rotatable bonds is 2. The maximum Gasteiger partial charge on any atom is 0.151 e. The molecule has 0 unspecified atom stereocenters. The van der Waals surface area contributed by atoms with E-state index in [1.54, 1.807) is 30.1 Å². The Morgan fingerprint density at radius 2 is 2.21 bits per heavy atom. The molecule has 0 saturated carbocycles. The van der Waals surface area contributed by atoms with Crippen LogP contribution in [0.3, 0.4) is 0 Å². The molecule has 0 spiro atoms. The summed E-state index contributed by atoms with van der Waals surface area (Å²) in [6.45, 7) is 0. The zero-order valence-electron chi connectivity index (χ0n) is 7.58. The van der Waals surface area contributed by atoms with Crippen LogP contribution in [0.4, 0.5) is 0 Å². The second-order valence-corrected chi connectivity index (χ2v) is 2.84. The molecule has 0 saturated heterocycles. The molecule has 2 aromatic rings. The van der Waals surface area contributed by atoms with Gasteiger partial charge in [-0.15, -0.1) is 5.10 Å². The van der Waals surface area contributed by atoms with Crippen LogP contribution < -0.4 is 0 Å². The van der Waals surface area contributed by atoms with Crippen LogP contribution in [0.2, 0.25) is 0 Å². The number of pyridine rings is 1. The van der Waals surface area contributed by atoms with Crippen molar-refractivity contribution in [3.63, 3.8) is 0 Å². The summed E-state index contributed by atoms with van der Waals surface area (Å²) in [6.07, 6.45) is 3.91. The van der Waals surface area contributed by atoms with Crippen LogP contribution in [0.1, 0.15) is 10.4 Å². The summed E-state index contributed by atoms with van der Waals surface area (Å²) in [5.74, 6) is 0. The smallest absolute Gasteiger partial charge is 0.151 e. The highest BCUT2D eigenvalue weighted by Gasteiger charge is 2.04. The van der Waals surface area contributed by atoms with Gasteiger partial charge in [-0.05, 0) is 12.1 Å². The second-order valence-electron chi connectivity index (χ2n) is 2.84. The summed E-state index contributed by atoms with van der Waals surface area (Å²) in [6, 6.07) is 3.48. The van der Waals surface area contributed by atoms with Crippen LogP contribution in [0.15, 0.2) is 24.5 Å². The summed E-state index contributed by atoms with van der Waals surface area (Å²) < 4.78 is 1.63. The molecule has 0 aromatic carbocycles. The minimum absolute atomic E-state index is 0.559. The zero-order chi connectivity index (χ0) is 9.97. The molecule has 0 bridgehead atoms. The number of hydrogen-bond acceptors (Lipinski definition) is 4. The third-order valence-corrected chi connectivity index (χ3v) is 1.90. The average Bonchev–Trinajstić information content (AvgIpc) is 2.65. The first kappa shape index (κ1) is 8.55. The van der Waals surface area contributed by atoms with E-state index in [1.165, 1.54) is 6.20 Å². The minimum Gasteiger partial charge on any atom is -0.298 e. The van der Waals surface area contributed by atoms with E-state index in [4.69, 9.17) is 0 Å². The molecule has 2 heterocycles. The summed E-state index contributed by atoms with van der Waals surface area (Å²) in [5.41, 5.74) is 2.13. The molecule has 5 nitrogen and oxygen atoms in total. The van der Waals surface area contributed by atoms with Gasteiger partial charge in [0.25, 0.3) is 0 Å². The molecule has 14 heavy (non-hydrogen) atoms. The number of carbonyl (C=O) groups is 1. The lowest BCUT2D eigenvalue weighted by Gasteiger charge is -1.98. The molecule has 0 fully saturated rings. The number of aromatic nitrogens is 4. The first-order chi connectivity index (χ1) is 6.81. The van der Waals surface area contributed by atoms with Crippen LogP contribution in [0.5, 0.6) is 0 Å². The van der Waals surface area contributed by atoms with Gasteiger partial charge in [0, 0.05) is 18.8 Å². The Balaban J connectivity index is 2.43. The maximum atomic E-state index is 10.4. The molecule has 0 aliphatic rings. The fraction of sp³-hybridized carbons (Fsp3) is 0.111. The standard InChI is InChI=1S/C9H8N4O/c1-13-9(5-11-12-13)8-3-2-7(6-14)4-10-8/h2-6H,1H3. The van der Waals surface area contributed by atoms with Crippen molar-refractivity contribution in [3.8, 4) is 11.4 Å². The van der Waals surface area contributed by atoms with Crippen molar-refractivity contribution < 1.29 is 4.79 Å². The zero-order valence-corrected chi connectivity index (χ0v) is 7.58. The normalized spacial score (nSPS) is 10.1. The summed E-state index contributed by atoms with van der Waals surface area (Å²) in [7, 11) is 1.79. The van der Waals surface area contributed by atoms with Crippen LogP contribution in [-0.4, -0.2) is 26.3 Å². The molecule has 0 aliphatic carbocycles. The SMILES string of the molecule is Cn1nncc1-c1ccc(C=O)cn1. The quantitative estimate of drug-likeness (QED) is 0.650. The van der Waals surface area contributed by atoms with Crippen molar-refractivity contribution >= 4 is 6.29 Å². The molecule has 0 aliphatic heterocycles. The Kier molecular flexibility index (Phi) is 2.06. The molecular formula is C9H8N4O. The van der Waals surface area contributed by atoms with Crippen LogP contribution in [0, 0.1) is 0 Å². The van der Waals surface area contributed by atoms with Crippen molar-refractivity contribution in [2.75, 3.05) is 0 Å². The molecule has 0 N–H and O–H groups in total. The highest BCUT2D eigenvalue weighted by atomic mass is 16.1. The molecule has 70 valence electrons. The van der Waals surface area contributed by atoms with Gasteiger partial charge >= 0.3 is 0 Å². The van der Waals surface area contributed by atoms with Crippen LogP contribution >= 0.6 is 0 Å². The molecular weight excluding hydrogens is 180 g/mol. The molecule has 0 amide bonds. The van der Waals surface area contributed by atoms with Gasteiger partial charge in [0.05, 0.1) is 11.9 Å². The van der Waals surface area contributed by atoms with Gasteiger partial charge in [-0.2, -0.15) is 0 Å². The lowest BCUT2D eigenvalue weighted by Crippen LogP contribution is -1.95.